The summed E-state index contributed by atoms with van der Waals surface area (Å²) < 4.78 is 1.86. The van der Waals surface area contributed by atoms with Crippen LogP contribution in [0.3, 0.4) is 0 Å². The molecule has 1 aromatic heterocycles. The maximum absolute atomic E-state index is 10.9. The zero-order valence-electron chi connectivity index (χ0n) is 8.57. The third-order valence-electron chi connectivity index (χ3n) is 3.01. The molecule has 1 aliphatic rings. The Kier molecular flexibility index (Phi) is 2.66. The minimum absolute atomic E-state index is 0.531. The Morgan fingerprint density at radius 1 is 1.57 bits per heavy atom. The van der Waals surface area contributed by atoms with Crippen molar-refractivity contribution in [3.8, 4) is 0 Å². The number of carbonyl (C=O) groups is 1. The van der Waals surface area contributed by atoms with Gasteiger partial charge < -0.3 is 0 Å². The van der Waals surface area contributed by atoms with Gasteiger partial charge in [-0.05, 0) is 19.8 Å². The SMILES string of the molecule is CCn1cc(C=O)c(C2CCCC2)n1. The normalized spacial score (nSPS) is 17.5. The highest BCUT2D eigenvalue weighted by Gasteiger charge is 2.22. The maximum atomic E-state index is 10.9. The molecule has 76 valence electrons. The minimum Gasteiger partial charge on any atom is -0.298 e. The lowest BCUT2D eigenvalue weighted by Gasteiger charge is -2.04. The second-order valence-corrected chi connectivity index (χ2v) is 3.92. The van der Waals surface area contributed by atoms with Crippen LogP contribution in [-0.2, 0) is 6.54 Å². The molecule has 0 radical (unpaired) electrons. The molecule has 1 aliphatic carbocycles. The molecule has 3 heteroatoms. The van der Waals surface area contributed by atoms with Crippen molar-refractivity contribution >= 4 is 6.29 Å². The van der Waals surface area contributed by atoms with Crippen LogP contribution in [0.25, 0.3) is 0 Å². The fraction of sp³-hybridized carbons (Fsp3) is 0.636. The number of hydrogen-bond acceptors (Lipinski definition) is 2. The molecular weight excluding hydrogens is 176 g/mol. The Hall–Kier alpha value is -1.12. The predicted molar refractivity (Wildman–Crippen MR) is 54.5 cm³/mol. The molecule has 0 unspecified atom stereocenters. The van der Waals surface area contributed by atoms with Gasteiger partial charge in [0.05, 0.1) is 11.3 Å². The van der Waals surface area contributed by atoms with Crippen molar-refractivity contribution in [2.45, 2.75) is 45.1 Å². The van der Waals surface area contributed by atoms with Crippen LogP contribution in [-0.4, -0.2) is 16.1 Å². The average Bonchev–Trinajstić information content (AvgIpc) is 2.85. The van der Waals surface area contributed by atoms with E-state index >= 15 is 0 Å². The third kappa shape index (κ3) is 1.59. The Labute approximate surface area is 84.1 Å². The molecule has 0 bridgehead atoms. The molecule has 0 atom stereocenters. The number of aromatic nitrogens is 2. The summed E-state index contributed by atoms with van der Waals surface area (Å²) in [7, 11) is 0. The number of carbonyl (C=O) groups excluding carboxylic acids is 1. The van der Waals surface area contributed by atoms with Gasteiger partial charge in [0, 0.05) is 18.7 Å². The van der Waals surface area contributed by atoms with Crippen molar-refractivity contribution in [1.82, 2.24) is 9.78 Å². The van der Waals surface area contributed by atoms with Crippen molar-refractivity contribution < 1.29 is 4.79 Å². The van der Waals surface area contributed by atoms with Crippen molar-refractivity contribution in [2.75, 3.05) is 0 Å². The topological polar surface area (TPSA) is 34.9 Å². The summed E-state index contributed by atoms with van der Waals surface area (Å²) in [4.78, 5) is 10.9. The molecule has 0 N–H and O–H groups in total. The monoisotopic (exact) mass is 192 g/mol. The van der Waals surface area contributed by atoms with Gasteiger partial charge in [0.25, 0.3) is 0 Å². The molecule has 0 saturated heterocycles. The Bertz CT molecular complexity index is 324. The summed E-state index contributed by atoms with van der Waals surface area (Å²) in [5.41, 5.74) is 1.82. The first-order chi connectivity index (χ1) is 6.85. The van der Waals surface area contributed by atoms with Crippen molar-refractivity contribution in [1.29, 1.82) is 0 Å². The number of aldehydes is 1. The summed E-state index contributed by atoms with van der Waals surface area (Å²) in [5, 5.41) is 4.47. The summed E-state index contributed by atoms with van der Waals surface area (Å²) in [5.74, 6) is 0.531. The first-order valence-corrected chi connectivity index (χ1v) is 5.37. The number of rotatable bonds is 3. The second kappa shape index (κ2) is 3.95. The third-order valence-corrected chi connectivity index (χ3v) is 3.01. The van der Waals surface area contributed by atoms with E-state index in [-0.39, 0.29) is 0 Å². The maximum Gasteiger partial charge on any atom is 0.153 e. The highest BCUT2D eigenvalue weighted by Crippen LogP contribution is 2.34. The molecule has 1 heterocycles. The Balaban J connectivity index is 2.29. The van der Waals surface area contributed by atoms with Crippen LogP contribution in [0.4, 0.5) is 0 Å². The molecule has 1 saturated carbocycles. The number of hydrogen-bond donors (Lipinski definition) is 0. The fourth-order valence-corrected chi connectivity index (χ4v) is 2.22. The standard InChI is InChI=1S/C11H16N2O/c1-2-13-7-10(8-14)11(12-13)9-5-3-4-6-9/h7-9H,2-6H2,1H3. The molecule has 0 amide bonds. The Morgan fingerprint density at radius 3 is 2.86 bits per heavy atom. The van der Waals surface area contributed by atoms with Gasteiger partial charge in [-0.2, -0.15) is 5.10 Å². The van der Waals surface area contributed by atoms with Crippen molar-refractivity contribution in [3.63, 3.8) is 0 Å². The van der Waals surface area contributed by atoms with Gasteiger partial charge in [0.15, 0.2) is 6.29 Å². The van der Waals surface area contributed by atoms with E-state index in [1.165, 1.54) is 25.7 Å². The molecule has 3 nitrogen and oxygen atoms in total. The molecule has 1 fully saturated rings. The summed E-state index contributed by atoms with van der Waals surface area (Å²) in [6.07, 6.45) is 7.75. The largest absolute Gasteiger partial charge is 0.298 e. The van der Waals surface area contributed by atoms with Crippen molar-refractivity contribution in [2.24, 2.45) is 0 Å². The molecule has 0 aromatic carbocycles. The van der Waals surface area contributed by atoms with E-state index < -0.39 is 0 Å². The molecule has 1 aromatic rings. The fourth-order valence-electron chi connectivity index (χ4n) is 2.22. The van der Waals surface area contributed by atoms with Gasteiger partial charge in [-0.3, -0.25) is 9.48 Å². The molecule has 2 rings (SSSR count). The van der Waals surface area contributed by atoms with Gasteiger partial charge in [-0.15, -0.1) is 0 Å². The van der Waals surface area contributed by atoms with Gasteiger partial charge in [0.1, 0.15) is 0 Å². The van der Waals surface area contributed by atoms with E-state index in [9.17, 15) is 4.79 Å². The molecule has 0 spiro atoms. The van der Waals surface area contributed by atoms with E-state index in [2.05, 4.69) is 5.10 Å². The zero-order valence-corrected chi connectivity index (χ0v) is 8.57. The van der Waals surface area contributed by atoms with Crippen LogP contribution in [0.15, 0.2) is 6.20 Å². The lowest BCUT2D eigenvalue weighted by molar-refractivity contribution is 0.112. The second-order valence-electron chi connectivity index (χ2n) is 3.92. The van der Waals surface area contributed by atoms with Crippen molar-refractivity contribution in [3.05, 3.63) is 17.5 Å². The highest BCUT2D eigenvalue weighted by atomic mass is 16.1. The lowest BCUT2D eigenvalue weighted by Crippen LogP contribution is -1.99. The van der Waals surface area contributed by atoms with Crippen LogP contribution in [0.1, 0.15) is 54.6 Å². The molecule has 0 aliphatic heterocycles. The minimum atomic E-state index is 0.531. The zero-order chi connectivity index (χ0) is 9.97. The van der Waals surface area contributed by atoms with E-state index in [0.29, 0.717) is 5.92 Å². The van der Waals surface area contributed by atoms with Crippen LogP contribution in [0, 0.1) is 0 Å². The van der Waals surface area contributed by atoms with Gasteiger partial charge in [-0.1, -0.05) is 12.8 Å². The van der Waals surface area contributed by atoms with Crippen LogP contribution in [0.5, 0.6) is 0 Å². The van der Waals surface area contributed by atoms with E-state index in [4.69, 9.17) is 0 Å². The van der Waals surface area contributed by atoms with Gasteiger partial charge >= 0.3 is 0 Å². The Morgan fingerprint density at radius 2 is 2.29 bits per heavy atom. The first kappa shape index (κ1) is 9.44. The van der Waals surface area contributed by atoms with Gasteiger partial charge in [0.2, 0.25) is 0 Å². The van der Waals surface area contributed by atoms with E-state index in [1.54, 1.807) is 0 Å². The van der Waals surface area contributed by atoms with Crippen LogP contribution < -0.4 is 0 Å². The number of aryl methyl sites for hydroxylation is 1. The number of nitrogens with zero attached hydrogens (tertiary/aromatic N) is 2. The summed E-state index contributed by atoms with van der Waals surface area (Å²) >= 11 is 0. The highest BCUT2D eigenvalue weighted by molar-refractivity contribution is 5.76. The van der Waals surface area contributed by atoms with Crippen LogP contribution >= 0.6 is 0 Å². The van der Waals surface area contributed by atoms with E-state index in [0.717, 1.165) is 24.1 Å². The lowest BCUT2D eigenvalue weighted by atomic mass is 10.0. The smallest absolute Gasteiger partial charge is 0.153 e. The van der Waals surface area contributed by atoms with Gasteiger partial charge in [-0.25, -0.2) is 0 Å². The average molecular weight is 192 g/mol. The predicted octanol–water partition coefficient (Wildman–Crippen LogP) is 2.37. The molecule has 14 heavy (non-hydrogen) atoms. The van der Waals surface area contributed by atoms with E-state index in [1.807, 2.05) is 17.8 Å². The first-order valence-electron chi connectivity index (χ1n) is 5.37. The summed E-state index contributed by atoms with van der Waals surface area (Å²) in [6.45, 7) is 2.88. The summed E-state index contributed by atoms with van der Waals surface area (Å²) in [6, 6.07) is 0. The van der Waals surface area contributed by atoms with Crippen LogP contribution in [0.2, 0.25) is 0 Å². The quantitative estimate of drug-likeness (QED) is 0.689. The molecular formula is C11H16N2O.